The van der Waals surface area contributed by atoms with Gasteiger partial charge in [-0.15, -0.1) is 11.3 Å². The van der Waals surface area contributed by atoms with Gasteiger partial charge in [-0.1, -0.05) is 0 Å². The number of hydrogen-bond donors (Lipinski definition) is 1. The third kappa shape index (κ3) is 4.72. The summed E-state index contributed by atoms with van der Waals surface area (Å²) in [4.78, 5) is 15.3. The van der Waals surface area contributed by atoms with Crippen LogP contribution in [0.15, 0.2) is 11.6 Å². The Morgan fingerprint density at radius 1 is 1.69 bits per heavy atom. The van der Waals surface area contributed by atoms with Crippen LogP contribution in [0.3, 0.4) is 0 Å². The molecule has 1 aromatic heterocycles. The van der Waals surface area contributed by atoms with Crippen LogP contribution >= 0.6 is 11.3 Å². The molecule has 16 heavy (non-hydrogen) atoms. The van der Waals surface area contributed by atoms with Gasteiger partial charge < -0.3 is 10.1 Å². The molecule has 1 rings (SSSR count). The van der Waals surface area contributed by atoms with E-state index in [0.29, 0.717) is 13.0 Å². The first-order valence-corrected chi connectivity index (χ1v) is 6.40. The zero-order valence-electron chi connectivity index (χ0n) is 9.73. The summed E-state index contributed by atoms with van der Waals surface area (Å²) in [6.07, 6.45) is 3.08. The van der Waals surface area contributed by atoms with Crippen LogP contribution < -0.4 is 5.32 Å². The Bertz CT molecular complexity index is 301. The van der Waals surface area contributed by atoms with Gasteiger partial charge in [-0.05, 0) is 26.8 Å². The second-order valence-electron chi connectivity index (χ2n) is 3.45. The van der Waals surface area contributed by atoms with Gasteiger partial charge in [0.05, 0.1) is 12.6 Å². The van der Waals surface area contributed by atoms with Gasteiger partial charge in [0, 0.05) is 18.0 Å². The quantitative estimate of drug-likeness (QED) is 0.588. The Hall–Kier alpha value is -0.940. The van der Waals surface area contributed by atoms with E-state index in [9.17, 15) is 4.79 Å². The molecule has 0 saturated heterocycles. The zero-order valence-corrected chi connectivity index (χ0v) is 10.5. The van der Waals surface area contributed by atoms with Crippen molar-refractivity contribution in [1.29, 1.82) is 0 Å². The number of ether oxygens (including phenoxy) is 1. The van der Waals surface area contributed by atoms with Crippen molar-refractivity contribution in [2.75, 3.05) is 13.2 Å². The summed E-state index contributed by atoms with van der Waals surface area (Å²) in [6.45, 7) is 5.16. The van der Waals surface area contributed by atoms with Crippen molar-refractivity contribution in [1.82, 2.24) is 10.3 Å². The molecule has 0 saturated carbocycles. The zero-order chi connectivity index (χ0) is 11.8. The standard InChI is InChI=1S/C11H18N2O2S/c1-3-15-10(14)5-4-6-12-9(2)11-13-7-8-16-11/h7-9,12H,3-6H2,1-2H3. The van der Waals surface area contributed by atoms with Crippen molar-refractivity contribution in [3.8, 4) is 0 Å². The van der Waals surface area contributed by atoms with Gasteiger partial charge in [-0.2, -0.15) is 0 Å². The molecule has 1 unspecified atom stereocenters. The maximum Gasteiger partial charge on any atom is 0.305 e. The van der Waals surface area contributed by atoms with E-state index in [2.05, 4.69) is 17.2 Å². The lowest BCUT2D eigenvalue weighted by atomic mass is 10.3. The number of nitrogens with one attached hydrogen (secondary N) is 1. The largest absolute Gasteiger partial charge is 0.466 e. The van der Waals surface area contributed by atoms with Gasteiger partial charge in [0.2, 0.25) is 0 Å². The predicted octanol–water partition coefficient (Wildman–Crippen LogP) is 2.14. The molecule has 90 valence electrons. The first-order valence-electron chi connectivity index (χ1n) is 5.52. The van der Waals surface area contributed by atoms with Crippen molar-refractivity contribution in [3.63, 3.8) is 0 Å². The number of carbonyl (C=O) groups excluding carboxylic acids is 1. The summed E-state index contributed by atoms with van der Waals surface area (Å²) in [5, 5.41) is 6.37. The fourth-order valence-electron chi connectivity index (χ4n) is 1.32. The lowest BCUT2D eigenvalue weighted by Gasteiger charge is -2.10. The molecule has 1 N–H and O–H groups in total. The number of aromatic nitrogens is 1. The van der Waals surface area contributed by atoms with E-state index in [1.807, 2.05) is 12.3 Å². The van der Waals surface area contributed by atoms with E-state index in [0.717, 1.165) is 18.0 Å². The van der Waals surface area contributed by atoms with Crippen LogP contribution in [-0.2, 0) is 9.53 Å². The average Bonchev–Trinajstić information content (AvgIpc) is 2.78. The molecule has 0 aliphatic heterocycles. The summed E-state index contributed by atoms with van der Waals surface area (Å²) in [7, 11) is 0. The van der Waals surface area contributed by atoms with E-state index < -0.39 is 0 Å². The lowest BCUT2D eigenvalue weighted by molar-refractivity contribution is -0.143. The lowest BCUT2D eigenvalue weighted by Crippen LogP contribution is -2.20. The molecule has 0 fully saturated rings. The van der Waals surface area contributed by atoms with Crippen LogP contribution in [0.5, 0.6) is 0 Å². The summed E-state index contributed by atoms with van der Waals surface area (Å²) in [6, 6.07) is 0.252. The van der Waals surface area contributed by atoms with Crippen LogP contribution in [0.1, 0.15) is 37.7 Å². The van der Waals surface area contributed by atoms with Crippen LogP contribution in [0, 0.1) is 0 Å². The molecule has 5 heteroatoms. The molecule has 0 aliphatic rings. The number of hydrogen-bond acceptors (Lipinski definition) is 5. The van der Waals surface area contributed by atoms with Crippen molar-refractivity contribution >= 4 is 17.3 Å². The molecule has 0 spiro atoms. The molecule has 0 radical (unpaired) electrons. The minimum Gasteiger partial charge on any atom is -0.466 e. The average molecular weight is 242 g/mol. The molecular weight excluding hydrogens is 224 g/mol. The SMILES string of the molecule is CCOC(=O)CCCNC(C)c1nccs1. The highest BCUT2D eigenvalue weighted by atomic mass is 32.1. The Kier molecular flexibility index (Phi) is 6.03. The highest BCUT2D eigenvalue weighted by molar-refractivity contribution is 7.09. The van der Waals surface area contributed by atoms with Crippen LogP contribution in [0.4, 0.5) is 0 Å². The van der Waals surface area contributed by atoms with Crippen molar-refractivity contribution < 1.29 is 9.53 Å². The Morgan fingerprint density at radius 2 is 2.50 bits per heavy atom. The molecule has 4 nitrogen and oxygen atoms in total. The summed E-state index contributed by atoms with van der Waals surface area (Å²) >= 11 is 1.64. The Labute approximate surface area is 100 Å². The van der Waals surface area contributed by atoms with E-state index in [4.69, 9.17) is 4.74 Å². The van der Waals surface area contributed by atoms with E-state index in [-0.39, 0.29) is 12.0 Å². The smallest absolute Gasteiger partial charge is 0.305 e. The van der Waals surface area contributed by atoms with Gasteiger partial charge >= 0.3 is 5.97 Å². The molecule has 0 aliphatic carbocycles. The maximum absolute atomic E-state index is 11.1. The second kappa shape index (κ2) is 7.35. The number of nitrogens with zero attached hydrogens (tertiary/aromatic N) is 1. The van der Waals surface area contributed by atoms with Gasteiger partial charge in [-0.25, -0.2) is 4.98 Å². The van der Waals surface area contributed by atoms with Crippen molar-refractivity contribution in [3.05, 3.63) is 16.6 Å². The number of rotatable bonds is 7. The monoisotopic (exact) mass is 242 g/mol. The molecule has 0 amide bonds. The molecule has 1 aromatic rings. The third-order valence-corrected chi connectivity index (χ3v) is 3.09. The number of carbonyl (C=O) groups is 1. The highest BCUT2D eigenvalue weighted by Gasteiger charge is 2.07. The normalized spacial score (nSPS) is 12.4. The van der Waals surface area contributed by atoms with E-state index in [1.165, 1.54) is 0 Å². The first-order chi connectivity index (χ1) is 7.74. The number of esters is 1. The Morgan fingerprint density at radius 3 is 3.12 bits per heavy atom. The van der Waals surface area contributed by atoms with Crippen molar-refractivity contribution in [2.24, 2.45) is 0 Å². The van der Waals surface area contributed by atoms with Crippen molar-refractivity contribution in [2.45, 2.75) is 32.7 Å². The Balaban J connectivity index is 2.09. The third-order valence-electron chi connectivity index (χ3n) is 2.14. The minimum absolute atomic E-state index is 0.119. The minimum atomic E-state index is -0.119. The molecule has 1 heterocycles. The van der Waals surface area contributed by atoms with Gasteiger partial charge in [-0.3, -0.25) is 4.79 Å². The van der Waals surface area contributed by atoms with Gasteiger partial charge in [0.15, 0.2) is 0 Å². The summed E-state index contributed by atoms with van der Waals surface area (Å²) < 4.78 is 4.84. The van der Waals surface area contributed by atoms with Gasteiger partial charge in [0.1, 0.15) is 5.01 Å². The van der Waals surface area contributed by atoms with E-state index in [1.54, 1.807) is 17.5 Å². The first kappa shape index (κ1) is 13.1. The van der Waals surface area contributed by atoms with Crippen LogP contribution in [0.2, 0.25) is 0 Å². The molecular formula is C11H18N2O2S. The molecule has 0 aromatic carbocycles. The van der Waals surface area contributed by atoms with Crippen LogP contribution in [-0.4, -0.2) is 24.1 Å². The fourth-order valence-corrected chi connectivity index (χ4v) is 1.99. The molecule has 1 atom stereocenters. The van der Waals surface area contributed by atoms with E-state index >= 15 is 0 Å². The summed E-state index contributed by atoms with van der Waals surface area (Å²) in [5.74, 6) is -0.119. The number of thiazole rings is 1. The molecule has 0 bridgehead atoms. The fraction of sp³-hybridized carbons (Fsp3) is 0.636. The summed E-state index contributed by atoms with van der Waals surface area (Å²) in [5.41, 5.74) is 0. The van der Waals surface area contributed by atoms with Crippen LogP contribution in [0.25, 0.3) is 0 Å². The predicted molar refractivity (Wildman–Crippen MR) is 64.4 cm³/mol. The highest BCUT2D eigenvalue weighted by Crippen LogP contribution is 2.14. The topological polar surface area (TPSA) is 51.2 Å². The maximum atomic E-state index is 11.1. The second-order valence-corrected chi connectivity index (χ2v) is 4.38. The van der Waals surface area contributed by atoms with Gasteiger partial charge in [0.25, 0.3) is 0 Å².